The van der Waals surface area contributed by atoms with E-state index in [1.165, 1.54) is 0 Å². The highest BCUT2D eigenvalue weighted by Gasteiger charge is 1.89. The Kier molecular flexibility index (Phi) is 2.82. The molecule has 0 saturated heterocycles. The summed E-state index contributed by atoms with van der Waals surface area (Å²) in [5.74, 6) is 0. The molecule has 0 amide bonds. The van der Waals surface area contributed by atoms with Crippen LogP contribution in [-0.2, 0) is 0 Å². The first-order valence-corrected chi connectivity index (χ1v) is 4.66. The van der Waals surface area contributed by atoms with Crippen molar-refractivity contribution >= 4 is 37.6 Å². The third-order valence-electron chi connectivity index (χ3n) is 0.779. The van der Waals surface area contributed by atoms with E-state index in [9.17, 15) is 0 Å². The second kappa shape index (κ2) is 3.44. The number of hydrogen-bond donors (Lipinski definition) is 0. The molecule has 0 saturated carbocycles. The van der Waals surface area contributed by atoms with Gasteiger partial charge in [-0.3, -0.25) is 0 Å². The molecule has 1 aromatic heterocycles. The fourth-order valence-electron chi connectivity index (χ4n) is 0.408. The molecule has 0 spiro atoms. The van der Waals surface area contributed by atoms with Gasteiger partial charge in [0.05, 0.1) is 0 Å². The molecule has 0 fully saturated rings. The summed E-state index contributed by atoms with van der Waals surface area (Å²) in [6, 6.07) is 3.75. The van der Waals surface area contributed by atoms with E-state index in [-0.39, 0.29) is 0 Å². The third kappa shape index (κ3) is 2.16. The van der Waals surface area contributed by atoms with E-state index in [0.717, 1.165) is 20.5 Å². The molecule has 0 radical (unpaired) electrons. The maximum Gasteiger partial charge on any atom is 0.111 e. The van der Waals surface area contributed by atoms with Crippen LogP contribution in [0.3, 0.4) is 0 Å². The van der Waals surface area contributed by atoms with Crippen LogP contribution in [0.2, 0.25) is 0 Å². The number of nitrogens with zero attached hydrogens (tertiary/aromatic N) is 1. The van der Waals surface area contributed by atoms with Crippen LogP contribution in [0.1, 0.15) is 0 Å². The Morgan fingerprint density at radius 2 is 2.33 bits per heavy atom. The Balaban J connectivity index is 2.88. The SMILES string of the molecule is ClSc1ccc(Br)cn1. The van der Waals surface area contributed by atoms with Crippen LogP contribution in [0, 0.1) is 0 Å². The van der Waals surface area contributed by atoms with Gasteiger partial charge in [0.25, 0.3) is 0 Å². The van der Waals surface area contributed by atoms with Gasteiger partial charge in [-0.05, 0) is 38.7 Å². The lowest BCUT2D eigenvalue weighted by molar-refractivity contribution is 1.13. The Hall–Kier alpha value is 0.270. The van der Waals surface area contributed by atoms with Gasteiger partial charge in [0.2, 0.25) is 0 Å². The minimum absolute atomic E-state index is 0.819. The van der Waals surface area contributed by atoms with Gasteiger partial charge < -0.3 is 0 Å². The van der Waals surface area contributed by atoms with E-state index < -0.39 is 0 Å². The summed E-state index contributed by atoms with van der Waals surface area (Å²) in [7, 11) is 6.54. The molecule has 1 nitrogen and oxygen atoms in total. The van der Waals surface area contributed by atoms with Gasteiger partial charge in [0.1, 0.15) is 5.03 Å². The van der Waals surface area contributed by atoms with E-state index >= 15 is 0 Å². The molecule has 48 valence electrons. The number of rotatable bonds is 1. The standard InChI is InChI=1S/C5H3BrClNS/c6-4-1-2-5(9-7)8-3-4/h1-3H. The minimum Gasteiger partial charge on any atom is -0.248 e. The molecule has 0 N–H and O–H groups in total. The fourth-order valence-corrected chi connectivity index (χ4v) is 1.13. The lowest BCUT2D eigenvalue weighted by atomic mass is 10.5. The first-order chi connectivity index (χ1) is 4.33. The molecular weight excluding hydrogens is 221 g/mol. The van der Waals surface area contributed by atoms with Gasteiger partial charge >= 0.3 is 0 Å². The largest absolute Gasteiger partial charge is 0.248 e. The van der Waals surface area contributed by atoms with E-state index in [2.05, 4.69) is 20.9 Å². The van der Waals surface area contributed by atoms with Crippen molar-refractivity contribution in [2.75, 3.05) is 0 Å². The summed E-state index contributed by atoms with van der Waals surface area (Å²) in [5, 5.41) is 0.819. The van der Waals surface area contributed by atoms with Crippen molar-refractivity contribution < 1.29 is 0 Å². The molecule has 0 aliphatic carbocycles. The monoisotopic (exact) mass is 223 g/mol. The summed E-state index contributed by atoms with van der Waals surface area (Å²) >= 11 is 3.26. The van der Waals surface area contributed by atoms with Gasteiger partial charge in [-0.15, -0.1) is 0 Å². The molecule has 0 atom stereocenters. The van der Waals surface area contributed by atoms with Gasteiger partial charge in [-0.2, -0.15) is 0 Å². The van der Waals surface area contributed by atoms with Crippen LogP contribution >= 0.6 is 37.6 Å². The van der Waals surface area contributed by atoms with E-state index in [1.54, 1.807) is 6.20 Å². The molecule has 0 unspecified atom stereocenters. The Labute approximate surface area is 70.4 Å². The summed E-state index contributed by atoms with van der Waals surface area (Å²) in [5.41, 5.74) is 0. The smallest absolute Gasteiger partial charge is 0.111 e. The van der Waals surface area contributed by atoms with Crippen molar-refractivity contribution in [3.8, 4) is 0 Å². The minimum atomic E-state index is 0.819. The molecule has 1 rings (SSSR count). The predicted octanol–water partition coefficient (Wildman–Crippen LogP) is 3.09. The Bertz CT molecular complexity index is 189. The second-order valence-electron chi connectivity index (χ2n) is 1.39. The van der Waals surface area contributed by atoms with Crippen LogP contribution < -0.4 is 0 Å². The second-order valence-corrected chi connectivity index (χ2v) is 3.34. The molecule has 4 heteroatoms. The number of hydrogen-bond acceptors (Lipinski definition) is 2. The third-order valence-corrected chi connectivity index (χ3v) is 2.12. The number of pyridine rings is 1. The number of halogens is 2. The molecule has 0 aliphatic heterocycles. The maximum atomic E-state index is 5.42. The maximum absolute atomic E-state index is 5.42. The van der Waals surface area contributed by atoms with Gasteiger partial charge in [0, 0.05) is 21.6 Å². The fraction of sp³-hybridized carbons (Fsp3) is 0. The van der Waals surface area contributed by atoms with Crippen LogP contribution in [0.15, 0.2) is 27.8 Å². The van der Waals surface area contributed by atoms with Crippen molar-refractivity contribution in [2.24, 2.45) is 0 Å². The molecule has 1 aromatic rings. The highest BCUT2D eigenvalue weighted by atomic mass is 79.9. The predicted molar refractivity (Wildman–Crippen MR) is 43.6 cm³/mol. The Morgan fingerprint density at radius 3 is 2.78 bits per heavy atom. The van der Waals surface area contributed by atoms with Crippen molar-refractivity contribution in [1.29, 1.82) is 0 Å². The molecular formula is C5H3BrClNS. The quantitative estimate of drug-likeness (QED) is 0.727. The zero-order valence-electron chi connectivity index (χ0n) is 4.34. The molecule has 1 heterocycles. The van der Waals surface area contributed by atoms with E-state index in [0.29, 0.717) is 0 Å². The van der Waals surface area contributed by atoms with Crippen molar-refractivity contribution in [2.45, 2.75) is 5.03 Å². The van der Waals surface area contributed by atoms with E-state index in [1.807, 2.05) is 12.1 Å². The average molecular weight is 225 g/mol. The molecule has 9 heavy (non-hydrogen) atoms. The lowest BCUT2D eigenvalue weighted by Crippen LogP contribution is -1.73. The summed E-state index contributed by atoms with van der Waals surface area (Å²) in [6.07, 6.45) is 1.71. The highest BCUT2D eigenvalue weighted by molar-refractivity contribution is 9.10. The topological polar surface area (TPSA) is 12.9 Å². The summed E-state index contributed by atoms with van der Waals surface area (Å²) in [4.78, 5) is 3.98. The van der Waals surface area contributed by atoms with Gasteiger partial charge in [-0.25, -0.2) is 4.98 Å². The molecule has 0 bridgehead atoms. The highest BCUT2D eigenvalue weighted by Crippen LogP contribution is 2.20. The van der Waals surface area contributed by atoms with Crippen LogP contribution in [-0.4, -0.2) is 4.98 Å². The lowest BCUT2D eigenvalue weighted by Gasteiger charge is -1.90. The molecule has 0 aliphatic rings. The Morgan fingerprint density at radius 1 is 1.56 bits per heavy atom. The van der Waals surface area contributed by atoms with Gasteiger partial charge in [-0.1, -0.05) is 0 Å². The zero-order valence-corrected chi connectivity index (χ0v) is 7.50. The van der Waals surface area contributed by atoms with Gasteiger partial charge in [0.15, 0.2) is 0 Å². The first-order valence-electron chi connectivity index (χ1n) is 2.23. The zero-order chi connectivity index (χ0) is 6.69. The van der Waals surface area contributed by atoms with Crippen LogP contribution in [0.5, 0.6) is 0 Å². The van der Waals surface area contributed by atoms with Crippen LogP contribution in [0.4, 0.5) is 0 Å². The average Bonchev–Trinajstić information content (AvgIpc) is 1.90. The summed E-state index contributed by atoms with van der Waals surface area (Å²) < 4.78 is 0.969. The first kappa shape index (κ1) is 7.38. The molecule has 0 aromatic carbocycles. The van der Waals surface area contributed by atoms with Crippen molar-refractivity contribution in [3.05, 3.63) is 22.8 Å². The normalized spacial score (nSPS) is 9.56. The van der Waals surface area contributed by atoms with Crippen molar-refractivity contribution in [1.82, 2.24) is 4.98 Å². The van der Waals surface area contributed by atoms with E-state index in [4.69, 9.17) is 10.7 Å². The summed E-state index contributed by atoms with van der Waals surface area (Å²) in [6.45, 7) is 0. The van der Waals surface area contributed by atoms with Crippen molar-refractivity contribution in [3.63, 3.8) is 0 Å². The van der Waals surface area contributed by atoms with Crippen LogP contribution in [0.25, 0.3) is 0 Å². The number of aromatic nitrogens is 1.